The molecule has 0 aliphatic carbocycles. The molecule has 1 aromatic carbocycles. The number of carbonyl (C=O) groups excluding carboxylic acids is 4. The predicted molar refractivity (Wildman–Crippen MR) is 211 cm³/mol. The highest BCUT2D eigenvalue weighted by molar-refractivity contribution is 6.03. The number of hydrogen-bond acceptors (Lipinski definition) is 11. The number of nitrogens with zero attached hydrogens (tertiary/aromatic N) is 6. The third-order valence-corrected chi connectivity index (χ3v) is 9.91. The Morgan fingerprint density at radius 2 is 1.93 bits per heavy atom. The van der Waals surface area contributed by atoms with Crippen LogP contribution in [0, 0.1) is 11.3 Å². The van der Waals surface area contributed by atoms with Gasteiger partial charge < -0.3 is 30.0 Å². The predicted octanol–water partition coefficient (Wildman–Crippen LogP) is 2.69. The van der Waals surface area contributed by atoms with Crippen LogP contribution in [0.3, 0.4) is 0 Å². The van der Waals surface area contributed by atoms with Gasteiger partial charge in [-0.2, -0.15) is 0 Å². The van der Waals surface area contributed by atoms with Crippen LogP contribution in [0.25, 0.3) is 22.2 Å². The van der Waals surface area contributed by atoms with E-state index in [1.165, 1.54) is 17.0 Å². The van der Waals surface area contributed by atoms with Gasteiger partial charge in [0.15, 0.2) is 5.84 Å². The number of rotatable bonds is 19. The fourth-order valence-electron chi connectivity index (χ4n) is 7.20. The van der Waals surface area contributed by atoms with Crippen molar-refractivity contribution >= 4 is 41.4 Å². The number of amides is 3. The largest absolute Gasteiger partial charge is 0.467 e. The maximum atomic E-state index is 13.7. The van der Waals surface area contributed by atoms with Crippen LogP contribution in [-0.2, 0) is 41.6 Å². The number of benzene rings is 1. The van der Waals surface area contributed by atoms with Gasteiger partial charge in [0.2, 0.25) is 12.3 Å². The number of aromatic nitrogens is 2. The van der Waals surface area contributed by atoms with Gasteiger partial charge in [-0.05, 0) is 74.9 Å². The quantitative estimate of drug-likeness (QED) is 0.0460. The van der Waals surface area contributed by atoms with Crippen molar-refractivity contribution in [3.05, 3.63) is 53.3 Å². The zero-order valence-electron chi connectivity index (χ0n) is 33.4. The van der Waals surface area contributed by atoms with E-state index >= 15 is 0 Å². The van der Waals surface area contributed by atoms with Crippen molar-refractivity contribution in [2.75, 3.05) is 40.4 Å². The van der Waals surface area contributed by atoms with Crippen molar-refractivity contribution in [2.45, 2.75) is 85.5 Å². The standard InChI is InChI=1S/C39H58N10O6/c1-9-47-32-15-14-27(19-29(32)30(20-39(5,6)22-55-24-51)35(47)28-13-12-16-42-33(28)26(4)54-8)36(40)45-49(41)21-31(38(53)48-18-11-10-17-43-48)44-37(52)34(25(2)3)46(7)23-50/h12-16,19,23-26,31,34,43H,9-11,17-18,20-22,41H2,1-8H3,(H2,40,45)(H,44,52). The molecule has 1 fully saturated rings. The van der Waals surface area contributed by atoms with E-state index in [0.717, 1.165) is 51.4 Å². The molecule has 16 nitrogen and oxygen atoms in total. The molecule has 0 bridgehead atoms. The van der Waals surface area contributed by atoms with Crippen LogP contribution in [0.1, 0.15) is 77.3 Å². The average Bonchev–Trinajstić information content (AvgIpc) is 3.47. The molecule has 2 aromatic heterocycles. The highest BCUT2D eigenvalue weighted by atomic mass is 16.5. The Morgan fingerprint density at radius 1 is 1.18 bits per heavy atom. The summed E-state index contributed by atoms with van der Waals surface area (Å²) in [5.74, 6) is 5.42. The molecule has 3 unspecified atom stereocenters. The average molecular weight is 763 g/mol. The summed E-state index contributed by atoms with van der Waals surface area (Å²) in [6, 6.07) is 7.84. The van der Waals surface area contributed by atoms with E-state index in [1.807, 2.05) is 65.0 Å². The first-order chi connectivity index (χ1) is 26.2. The number of hydrogen-bond donors (Lipinski definition) is 4. The summed E-state index contributed by atoms with van der Waals surface area (Å²) < 4.78 is 13.2. The Labute approximate surface area is 323 Å². The molecule has 0 spiro atoms. The molecule has 3 atom stereocenters. The van der Waals surface area contributed by atoms with Crippen LogP contribution in [-0.4, -0.2) is 108 Å². The number of likely N-dealkylation sites (N-methyl/N-ethyl adjacent to an activating group) is 1. The summed E-state index contributed by atoms with van der Waals surface area (Å²) in [6.45, 7) is 14.0. The lowest BCUT2D eigenvalue weighted by atomic mass is 9.84. The topological polar surface area (TPSA) is 203 Å². The minimum Gasteiger partial charge on any atom is -0.467 e. The first kappa shape index (κ1) is 42.7. The summed E-state index contributed by atoms with van der Waals surface area (Å²) >= 11 is 0. The molecule has 16 heteroatoms. The lowest BCUT2D eigenvalue weighted by Gasteiger charge is -2.34. The van der Waals surface area contributed by atoms with E-state index in [1.54, 1.807) is 13.3 Å². The number of amidine groups is 1. The number of carbonyl (C=O) groups is 4. The SMILES string of the molecule is CCn1c(-c2cccnc2C(C)OC)c(CC(C)(C)COC=O)c2cc(/C(N)=N/N(N)CC(NC(=O)C(C(C)C)N(C)C=O)C(=O)N3CCCCN3)ccc21. The molecular formula is C39H58N10O6. The second-order valence-corrected chi connectivity index (χ2v) is 15.1. The molecule has 0 radical (unpaired) electrons. The van der Waals surface area contributed by atoms with Gasteiger partial charge in [-0.15, -0.1) is 5.10 Å². The zero-order chi connectivity index (χ0) is 40.4. The van der Waals surface area contributed by atoms with Crippen LogP contribution in [0.4, 0.5) is 0 Å². The molecule has 4 rings (SSSR count). The van der Waals surface area contributed by atoms with Gasteiger partial charge in [-0.3, -0.25) is 29.2 Å². The Kier molecular flexibility index (Phi) is 14.7. The molecule has 3 aromatic rings. The van der Waals surface area contributed by atoms with E-state index in [4.69, 9.17) is 26.0 Å². The van der Waals surface area contributed by atoms with Gasteiger partial charge in [0.25, 0.3) is 12.4 Å². The molecule has 1 aliphatic rings. The van der Waals surface area contributed by atoms with Gasteiger partial charge in [-0.1, -0.05) is 27.7 Å². The minimum atomic E-state index is -1.10. The van der Waals surface area contributed by atoms with Gasteiger partial charge in [-0.25, -0.2) is 16.4 Å². The lowest BCUT2D eigenvalue weighted by Crippen LogP contribution is -2.61. The second-order valence-electron chi connectivity index (χ2n) is 15.1. The number of methoxy groups -OCH3 is 1. The van der Waals surface area contributed by atoms with Crippen molar-refractivity contribution in [1.82, 2.24) is 35.3 Å². The lowest BCUT2D eigenvalue weighted by molar-refractivity contribution is -0.142. The van der Waals surface area contributed by atoms with E-state index in [9.17, 15) is 19.2 Å². The fraction of sp³-hybridized carbons (Fsp3) is 0.538. The maximum Gasteiger partial charge on any atom is 0.293 e. The zero-order valence-corrected chi connectivity index (χ0v) is 33.4. The van der Waals surface area contributed by atoms with Gasteiger partial charge in [0.1, 0.15) is 12.1 Å². The first-order valence-corrected chi connectivity index (χ1v) is 18.8. The number of fused-ring (bicyclic) bond motifs is 1. The molecule has 3 amide bonds. The number of nitrogens with two attached hydrogens (primary N) is 2. The van der Waals surface area contributed by atoms with E-state index in [2.05, 4.69) is 27.3 Å². The first-order valence-electron chi connectivity index (χ1n) is 18.8. The minimum absolute atomic E-state index is 0.0918. The molecule has 0 saturated carbocycles. The monoisotopic (exact) mass is 762 g/mol. The van der Waals surface area contributed by atoms with Crippen LogP contribution in [0.2, 0.25) is 0 Å². The molecular weight excluding hydrogens is 704 g/mol. The van der Waals surface area contributed by atoms with Crippen LogP contribution in [0.5, 0.6) is 0 Å². The van der Waals surface area contributed by atoms with E-state index in [-0.39, 0.29) is 36.9 Å². The molecule has 300 valence electrons. The molecule has 6 N–H and O–H groups in total. The Balaban J connectivity index is 1.77. The number of nitrogens with one attached hydrogen (secondary N) is 2. The van der Waals surface area contributed by atoms with Crippen LogP contribution in [0.15, 0.2) is 41.6 Å². The second kappa shape index (κ2) is 19.0. The van der Waals surface area contributed by atoms with Gasteiger partial charge in [0, 0.05) is 67.4 Å². The third-order valence-electron chi connectivity index (χ3n) is 9.91. The fourth-order valence-corrected chi connectivity index (χ4v) is 7.20. The van der Waals surface area contributed by atoms with Crippen molar-refractivity contribution in [3.8, 4) is 11.3 Å². The molecule has 1 aliphatic heterocycles. The summed E-state index contributed by atoms with van der Waals surface area (Å²) in [6.07, 6.45) is 4.33. The number of hydrazone groups is 1. The van der Waals surface area contributed by atoms with Crippen molar-refractivity contribution in [3.63, 3.8) is 0 Å². The van der Waals surface area contributed by atoms with Gasteiger partial charge >= 0.3 is 0 Å². The highest BCUT2D eigenvalue weighted by Crippen LogP contribution is 2.40. The number of hydrazine groups is 2. The summed E-state index contributed by atoms with van der Waals surface area (Å²) in [7, 11) is 3.18. The van der Waals surface area contributed by atoms with Crippen LogP contribution >= 0.6 is 0 Å². The molecule has 3 heterocycles. The third kappa shape index (κ3) is 10.2. The smallest absolute Gasteiger partial charge is 0.293 e. The van der Waals surface area contributed by atoms with E-state index < -0.39 is 23.4 Å². The Bertz CT molecular complexity index is 1840. The Hall–Kier alpha value is -5.06. The maximum absolute atomic E-state index is 13.7. The van der Waals surface area contributed by atoms with Crippen molar-refractivity contribution in [2.24, 2.45) is 28.0 Å². The summed E-state index contributed by atoms with van der Waals surface area (Å²) in [5, 5.41) is 10.7. The summed E-state index contributed by atoms with van der Waals surface area (Å²) in [4.78, 5) is 56.0. The number of ether oxygens (including phenoxy) is 2. The van der Waals surface area contributed by atoms with Crippen molar-refractivity contribution < 1.29 is 28.7 Å². The highest BCUT2D eigenvalue weighted by Gasteiger charge is 2.34. The number of pyridine rings is 1. The van der Waals surface area contributed by atoms with Gasteiger partial charge in [0.05, 0.1) is 30.6 Å². The summed E-state index contributed by atoms with van der Waals surface area (Å²) in [5.41, 5.74) is 14.5. The normalized spacial score (nSPS) is 15.4. The Morgan fingerprint density at radius 3 is 2.55 bits per heavy atom. The van der Waals surface area contributed by atoms with E-state index in [0.29, 0.717) is 44.5 Å². The van der Waals surface area contributed by atoms with Crippen LogP contribution < -0.4 is 22.3 Å². The van der Waals surface area contributed by atoms with Crippen molar-refractivity contribution in [1.29, 1.82) is 0 Å². The molecule has 1 saturated heterocycles. The number of aryl methyl sites for hydroxylation is 1. The molecule has 55 heavy (non-hydrogen) atoms.